The molecule has 2 atom stereocenters. The first kappa shape index (κ1) is 17.9. The highest BCUT2D eigenvalue weighted by Gasteiger charge is 2.34. The van der Waals surface area contributed by atoms with Gasteiger partial charge in [-0.2, -0.15) is 0 Å². The second kappa shape index (κ2) is 6.74. The number of rotatable bonds is 2. The van der Waals surface area contributed by atoms with Gasteiger partial charge in [-0.3, -0.25) is 0 Å². The lowest BCUT2D eigenvalue weighted by atomic mass is 9.78. The van der Waals surface area contributed by atoms with Gasteiger partial charge in [-0.05, 0) is 96.6 Å². The largest absolute Gasteiger partial charge is 0.0790 e. The smallest absolute Gasteiger partial charge is 0.0616 e. The summed E-state index contributed by atoms with van der Waals surface area (Å²) in [6.45, 7) is 4.59. The highest BCUT2D eigenvalue weighted by molar-refractivity contribution is 9.10. The fourth-order valence-electron chi connectivity index (χ4n) is 5.26. The Balaban J connectivity index is 1.52. The molecule has 0 spiro atoms. The molecular weight excluding hydrogens is 460 g/mol. The first-order valence-electron chi connectivity index (χ1n) is 10.0. The van der Waals surface area contributed by atoms with Crippen molar-refractivity contribution in [3.8, 4) is 0 Å². The Labute approximate surface area is 179 Å². The molecule has 27 heavy (non-hydrogen) atoms. The standard InChI is InChI=1S/C25H24Br2/c1-14-10-22-18(8-5-9-24(22)26)19(14)13-20-15(2)11-23-21(20)12-16-6-3-4-7-17(16)25(23)27/h5,8-12,19,25H,3-4,6-7,13H2,1-2H3. The third kappa shape index (κ3) is 2.83. The third-order valence-corrected chi connectivity index (χ3v) is 8.47. The highest BCUT2D eigenvalue weighted by atomic mass is 79.9. The fourth-order valence-corrected chi connectivity index (χ4v) is 6.66. The van der Waals surface area contributed by atoms with Crippen LogP contribution >= 0.6 is 31.9 Å². The van der Waals surface area contributed by atoms with Gasteiger partial charge in [-0.1, -0.05) is 67.8 Å². The topological polar surface area (TPSA) is 0 Å². The summed E-state index contributed by atoms with van der Waals surface area (Å²) in [6.07, 6.45) is 13.6. The SMILES string of the molecule is CC1=Cc2c(Br)cccc2C1CC1=C(C)C=C2C1=CC1=C(CCCC1)C2Br. The fraction of sp³-hybridized carbons (Fsp3) is 0.360. The predicted octanol–water partition coefficient (Wildman–Crippen LogP) is 8.17. The number of halogens is 2. The summed E-state index contributed by atoms with van der Waals surface area (Å²) >= 11 is 7.78. The van der Waals surface area contributed by atoms with Crippen LogP contribution in [-0.4, -0.2) is 4.83 Å². The van der Waals surface area contributed by atoms with Crippen LogP contribution in [0.25, 0.3) is 6.08 Å². The molecule has 0 aliphatic heterocycles. The summed E-state index contributed by atoms with van der Waals surface area (Å²) in [4.78, 5) is 0.418. The molecule has 138 valence electrons. The maximum Gasteiger partial charge on any atom is 0.0616 e. The zero-order valence-corrected chi connectivity index (χ0v) is 19.1. The average molecular weight is 484 g/mol. The molecule has 4 aliphatic carbocycles. The molecule has 0 radical (unpaired) electrons. The van der Waals surface area contributed by atoms with E-state index in [4.69, 9.17) is 0 Å². The number of fused-ring (bicyclic) bond motifs is 2. The number of benzene rings is 1. The third-order valence-electron chi connectivity index (χ3n) is 6.73. The Bertz CT molecular complexity index is 997. The van der Waals surface area contributed by atoms with Gasteiger partial charge >= 0.3 is 0 Å². The van der Waals surface area contributed by atoms with E-state index in [9.17, 15) is 0 Å². The number of hydrogen-bond acceptors (Lipinski definition) is 0. The number of allylic oxidation sites excluding steroid dienone is 9. The second-order valence-electron chi connectivity index (χ2n) is 8.33. The van der Waals surface area contributed by atoms with E-state index in [1.165, 1.54) is 63.6 Å². The monoisotopic (exact) mass is 482 g/mol. The molecule has 0 heterocycles. The van der Waals surface area contributed by atoms with Crippen molar-refractivity contribution in [2.45, 2.75) is 56.7 Å². The summed E-state index contributed by atoms with van der Waals surface area (Å²) in [5, 5.41) is 0. The maximum absolute atomic E-state index is 4.04. The second-order valence-corrected chi connectivity index (χ2v) is 10.1. The van der Waals surface area contributed by atoms with Gasteiger partial charge in [0.15, 0.2) is 0 Å². The van der Waals surface area contributed by atoms with Gasteiger partial charge in [-0.15, -0.1) is 0 Å². The van der Waals surface area contributed by atoms with Crippen molar-refractivity contribution in [1.82, 2.24) is 0 Å². The average Bonchev–Trinajstić information content (AvgIpc) is 3.15. The maximum atomic E-state index is 4.04. The van der Waals surface area contributed by atoms with E-state index in [1.807, 2.05) is 0 Å². The minimum absolute atomic E-state index is 0.418. The summed E-state index contributed by atoms with van der Waals surface area (Å²) in [5.74, 6) is 0.492. The van der Waals surface area contributed by atoms with Gasteiger partial charge in [0.1, 0.15) is 0 Å². The Kier molecular flexibility index (Phi) is 4.48. The lowest BCUT2D eigenvalue weighted by Crippen LogP contribution is -2.17. The predicted molar refractivity (Wildman–Crippen MR) is 122 cm³/mol. The van der Waals surface area contributed by atoms with Crippen molar-refractivity contribution in [1.29, 1.82) is 0 Å². The lowest BCUT2D eigenvalue weighted by molar-refractivity contribution is 0.668. The first-order chi connectivity index (χ1) is 13.0. The summed E-state index contributed by atoms with van der Waals surface area (Å²) in [6, 6.07) is 6.64. The van der Waals surface area contributed by atoms with Crippen LogP contribution < -0.4 is 0 Å². The molecule has 0 bridgehead atoms. The number of hydrogen-bond donors (Lipinski definition) is 0. The molecule has 1 aromatic rings. The van der Waals surface area contributed by atoms with E-state index >= 15 is 0 Å². The lowest BCUT2D eigenvalue weighted by Gasteiger charge is -2.30. The van der Waals surface area contributed by atoms with Gasteiger partial charge in [-0.25, -0.2) is 0 Å². The zero-order valence-electron chi connectivity index (χ0n) is 15.9. The number of alkyl halides is 1. The Morgan fingerprint density at radius 1 is 1.04 bits per heavy atom. The van der Waals surface area contributed by atoms with Crippen LogP contribution in [0.4, 0.5) is 0 Å². The van der Waals surface area contributed by atoms with Crippen molar-refractivity contribution in [3.05, 3.63) is 85.0 Å². The van der Waals surface area contributed by atoms with Gasteiger partial charge < -0.3 is 0 Å². The van der Waals surface area contributed by atoms with Crippen molar-refractivity contribution >= 4 is 37.9 Å². The molecule has 0 saturated heterocycles. The van der Waals surface area contributed by atoms with Crippen molar-refractivity contribution < 1.29 is 0 Å². The van der Waals surface area contributed by atoms with Gasteiger partial charge in [0.05, 0.1) is 4.83 Å². The molecule has 1 aromatic carbocycles. The van der Waals surface area contributed by atoms with Crippen LogP contribution in [0.3, 0.4) is 0 Å². The molecule has 0 amide bonds. The normalized spacial score (nSPS) is 26.4. The van der Waals surface area contributed by atoms with E-state index in [1.54, 1.807) is 16.7 Å². The van der Waals surface area contributed by atoms with E-state index in [0.29, 0.717) is 10.7 Å². The highest BCUT2D eigenvalue weighted by Crippen LogP contribution is 2.51. The van der Waals surface area contributed by atoms with E-state index in [-0.39, 0.29) is 0 Å². The zero-order chi connectivity index (χ0) is 18.7. The van der Waals surface area contributed by atoms with Crippen molar-refractivity contribution in [2.24, 2.45) is 0 Å². The van der Waals surface area contributed by atoms with Crippen molar-refractivity contribution in [2.75, 3.05) is 0 Å². The quantitative estimate of drug-likeness (QED) is 0.372. The summed E-state index contributed by atoms with van der Waals surface area (Å²) < 4.78 is 1.21. The molecule has 4 aliphatic rings. The Morgan fingerprint density at radius 2 is 1.85 bits per heavy atom. The van der Waals surface area contributed by atoms with Gasteiger partial charge in [0.25, 0.3) is 0 Å². The molecule has 0 saturated carbocycles. The van der Waals surface area contributed by atoms with Crippen LogP contribution in [0.2, 0.25) is 0 Å². The van der Waals surface area contributed by atoms with Crippen LogP contribution in [-0.2, 0) is 0 Å². The van der Waals surface area contributed by atoms with Crippen molar-refractivity contribution in [3.63, 3.8) is 0 Å². The van der Waals surface area contributed by atoms with E-state index in [0.717, 1.165) is 6.42 Å². The van der Waals surface area contributed by atoms with Crippen LogP contribution in [0.5, 0.6) is 0 Å². The van der Waals surface area contributed by atoms with Crippen LogP contribution in [0.1, 0.15) is 63.0 Å². The Hall–Kier alpha value is -1.12. The Morgan fingerprint density at radius 3 is 2.70 bits per heavy atom. The molecule has 0 nitrogen and oxygen atoms in total. The molecule has 0 N–H and O–H groups in total. The molecule has 0 fully saturated rings. The molecule has 0 aromatic heterocycles. The summed E-state index contributed by atoms with van der Waals surface area (Å²) in [7, 11) is 0. The molecule has 5 rings (SSSR count). The molecule has 2 heteroatoms. The first-order valence-corrected chi connectivity index (χ1v) is 11.7. The van der Waals surface area contributed by atoms with Gasteiger partial charge in [0.2, 0.25) is 0 Å². The minimum atomic E-state index is 0.418. The van der Waals surface area contributed by atoms with E-state index < -0.39 is 0 Å². The minimum Gasteiger partial charge on any atom is -0.0790 e. The molecular formula is C25H24Br2. The summed E-state index contributed by atoms with van der Waals surface area (Å²) in [5.41, 5.74) is 13.6. The van der Waals surface area contributed by atoms with Gasteiger partial charge in [0, 0.05) is 10.4 Å². The van der Waals surface area contributed by atoms with E-state index in [2.05, 4.69) is 82.1 Å². The van der Waals surface area contributed by atoms with Crippen LogP contribution in [0, 0.1) is 0 Å². The van der Waals surface area contributed by atoms with Crippen LogP contribution in [0.15, 0.2) is 73.8 Å². The molecule has 2 unspecified atom stereocenters.